The van der Waals surface area contributed by atoms with Crippen LogP contribution in [0.3, 0.4) is 0 Å². The van der Waals surface area contributed by atoms with Crippen molar-refractivity contribution in [3.63, 3.8) is 0 Å². The minimum Gasteiger partial charge on any atom is -0.350 e. The number of pyridine rings is 1. The van der Waals surface area contributed by atoms with Gasteiger partial charge in [0.2, 0.25) is 11.8 Å². The lowest BCUT2D eigenvalue weighted by molar-refractivity contribution is -0.123. The van der Waals surface area contributed by atoms with Crippen LogP contribution in [0.25, 0.3) is 5.69 Å². The van der Waals surface area contributed by atoms with E-state index in [0.29, 0.717) is 33.3 Å². The van der Waals surface area contributed by atoms with E-state index in [9.17, 15) is 9.59 Å². The van der Waals surface area contributed by atoms with Gasteiger partial charge in [0, 0.05) is 40.5 Å². The maximum absolute atomic E-state index is 15.3. The van der Waals surface area contributed by atoms with E-state index in [1.807, 2.05) is 32.9 Å². The molecule has 2 amide bonds. The molecule has 1 N–H and O–H groups in total. The van der Waals surface area contributed by atoms with Gasteiger partial charge in [0.05, 0.1) is 22.4 Å². The Hall–Kier alpha value is -3.69. The molecule has 0 unspecified atom stereocenters. The number of fused-ring (bicyclic) bond motifs is 1. The van der Waals surface area contributed by atoms with Crippen molar-refractivity contribution >= 4 is 41.0 Å². The van der Waals surface area contributed by atoms with Gasteiger partial charge >= 0.3 is 0 Å². The molecule has 0 spiro atoms. The monoisotopic (exact) mass is 577 g/mol. The Morgan fingerprint density at radius 1 is 1.15 bits per heavy atom. The SMILES string of the molecule is CC(C)(C)c1nn(-c2cccc(Cl)c2)c2c1[C@@H](c1ccccc1F)SCC(=O)N2CC(=O)NCc1cccnc1. The number of hydrogen-bond acceptors (Lipinski definition) is 5. The number of nitrogens with one attached hydrogen (secondary N) is 1. The molecule has 0 saturated carbocycles. The Bertz CT molecular complexity index is 1550. The number of aromatic nitrogens is 3. The highest BCUT2D eigenvalue weighted by molar-refractivity contribution is 8.00. The number of thioether (sulfide) groups is 1. The Labute approximate surface area is 241 Å². The molecule has 0 fully saturated rings. The summed E-state index contributed by atoms with van der Waals surface area (Å²) in [4.78, 5) is 32.5. The quantitative estimate of drug-likeness (QED) is 0.311. The summed E-state index contributed by atoms with van der Waals surface area (Å²) in [6.45, 7) is 6.12. The van der Waals surface area contributed by atoms with Crippen molar-refractivity contribution in [3.8, 4) is 5.69 Å². The maximum Gasteiger partial charge on any atom is 0.240 e. The molecule has 1 aliphatic rings. The van der Waals surface area contributed by atoms with Crippen LogP contribution in [0.5, 0.6) is 0 Å². The average Bonchev–Trinajstić information content (AvgIpc) is 3.27. The van der Waals surface area contributed by atoms with Crippen molar-refractivity contribution in [3.05, 3.63) is 106 Å². The van der Waals surface area contributed by atoms with E-state index < -0.39 is 10.7 Å². The molecule has 3 heterocycles. The Kier molecular flexibility index (Phi) is 7.96. The summed E-state index contributed by atoms with van der Waals surface area (Å²) < 4.78 is 16.9. The molecule has 4 aromatic rings. The van der Waals surface area contributed by atoms with Crippen molar-refractivity contribution < 1.29 is 14.0 Å². The fourth-order valence-corrected chi connectivity index (χ4v) is 6.10. The van der Waals surface area contributed by atoms with E-state index in [1.165, 1.54) is 22.7 Å². The van der Waals surface area contributed by atoms with Gasteiger partial charge in [-0.25, -0.2) is 9.07 Å². The largest absolute Gasteiger partial charge is 0.350 e. The lowest BCUT2D eigenvalue weighted by Crippen LogP contribution is -2.42. The van der Waals surface area contributed by atoms with E-state index in [1.54, 1.807) is 59.5 Å². The summed E-state index contributed by atoms with van der Waals surface area (Å²) in [5.74, 6) is -0.481. The molecule has 1 aliphatic heterocycles. The van der Waals surface area contributed by atoms with E-state index in [4.69, 9.17) is 16.7 Å². The van der Waals surface area contributed by atoms with Crippen molar-refractivity contribution in [1.82, 2.24) is 20.1 Å². The second kappa shape index (κ2) is 11.4. The third kappa shape index (κ3) is 5.76. The van der Waals surface area contributed by atoms with E-state index in [-0.39, 0.29) is 36.5 Å². The number of carbonyl (C=O) groups excluding carboxylic acids is 2. The standard InChI is InChI=1S/C30H29ClFN5O2S/c1-30(2,3)28-26-27(22-11-4-5-12-23(22)32)40-18-25(39)36(17-24(38)34-16-19-8-7-13-33-15-19)29(26)37(35-28)21-10-6-9-20(31)14-21/h4-15,27H,16-18H2,1-3H3,(H,34,38)/t27-/m1/s1. The molecule has 5 rings (SSSR count). The van der Waals surface area contributed by atoms with Gasteiger partial charge in [-0.3, -0.25) is 19.5 Å². The summed E-state index contributed by atoms with van der Waals surface area (Å²) in [6, 6.07) is 17.4. The van der Waals surface area contributed by atoms with Gasteiger partial charge in [0.15, 0.2) is 0 Å². The molecule has 7 nitrogen and oxygen atoms in total. The smallest absolute Gasteiger partial charge is 0.240 e. The predicted molar refractivity (Wildman–Crippen MR) is 156 cm³/mol. The number of nitrogens with zero attached hydrogens (tertiary/aromatic N) is 4. The number of hydrogen-bond donors (Lipinski definition) is 1. The molecule has 2 aromatic carbocycles. The van der Waals surface area contributed by atoms with Crippen molar-refractivity contribution in [1.29, 1.82) is 0 Å². The zero-order valence-corrected chi connectivity index (χ0v) is 24.0. The highest BCUT2D eigenvalue weighted by Crippen LogP contribution is 2.48. The number of anilines is 1. The number of benzene rings is 2. The molecule has 0 saturated heterocycles. The second-order valence-electron chi connectivity index (χ2n) is 10.6. The number of carbonyl (C=O) groups is 2. The first-order valence-corrected chi connectivity index (χ1v) is 14.3. The summed E-state index contributed by atoms with van der Waals surface area (Å²) >= 11 is 7.69. The molecule has 206 valence electrons. The van der Waals surface area contributed by atoms with Crippen molar-refractivity contribution in [2.45, 2.75) is 38.0 Å². The van der Waals surface area contributed by atoms with Gasteiger partial charge in [-0.05, 0) is 35.9 Å². The molecule has 40 heavy (non-hydrogen) atoms. The third-order valence-electron chi connectivity index (χ3n) is 6.55. The minimum atomic E-state index is -0.522. The first kappa shape index (κ1) is 27.9. The normalized spacial score (nSPS) is 15.5. The van der Waals surface area contributed by atoms with Crippen LogP contribution in [-0.4, -0.2) is 38.9 Å². The molecule has 10 heteroatoms. The average molecular weight is 578 g/mol. The first-order chi connectivity index (χ1) is 19.1. The van der Waals surface area contributed by atoms with Crippen LogP contribution in [-0.2, 0) is 21.5 Å². The Morgan fingerprint density at radius 2 is 1.95 bits per heavy atom. The van der Waals surface area contributed by atoms with E-state index >= 15 is 4.39 Å². The Balaban J connectivity index is 1.67. The summed E-state index contributed by atoms with van der Waals surface area (Å²) in [5, 5.41) is 7.86. The lowest BCUT2D eigenvalue weighted by Gasteiger charge is -2.24. The van der Waals surface area contributed by atoms with Gasteiger partial charge in [0.25, 0.3) is 0 Å². The van der Waals surface area contributed by atoms with Crippen LogP contribution in [0.4, 0.5) is 10.2 Å². The van der Waals surface area contributed by atoms with Gasteiger partial charge in [-0.2, -0.15) is 5.10 Å². The Morgan fingerprint density at radius 3 is 2.65 bits per heavy atom. The minimum absolute atomic E-state index is 0.0582. The van der Waals surface area contributed by atoms with Gasteiger partial charge < -0.3 is 5.32 Å². The number of halogens is 2. The van der Waals surface area contributed by atoms with Crippen LogP contribution in [0.15, 0.2) is 73.1 Å². The fourth-order valence-electron chi connectivity index (χ4n) is 4.70. The molecule has 0 radical (unpaired) electrons. The van der Waals surface area contributed by atoms with Crippen LogP contribution < -0.4 is 10.2 Å². The van der Waals surface area contributed by atoms with Crippen LogP contribution in [0.1, 0.15) is 48.4 Å². The summed E-state index contributed by atoms with van der Waals surface area (Å²) in [7, 11) is 0. The number of rotatable bonds is 6. The van der Waals surface area contributed by atoms with E-state index in [2.05, 4.69) is 10.3 Å². The van der Waals surface area contributed by atoms with Gasteiger partial charge in [0.1, 0.15) is 18.2 Å². The zero-order valence-electron chi connectivity index (χ0n) is 22.4. The van der Waals surface area contributed by atoms with Crippen LogP contribution in [0, 0.1) is 5.82 Å². The van der Waals surface area contributed by atoms with Crippen molar-refractivity contribution in [2.75, 3.05) is 17.2 Å². The maximum atomic E-state index is 15.3. The molecule has 1 atom stereocenters. The van der Waals surface area contributed by atoms with Crippen LogP contribution >= 0.6 is 23.4 Å². The lowest BCUT2D eigenvalue weighted by atomic mass is 9.87. The van der Waals surface area contributed by atoms with Crippen LogP contribution in [0.2, 0.25) is 5.02 Å². The molecule has 0 aliphatic carbocycles. The first-order valence-electron chi connectivity index (χ1n) is 12.8. The highest BCUT2D eigenvalue weighted by atomic mass is 35.5. The predicted octanol–water partition coefficient (Wildman–Crippen LogP) is 5.84. The van der Waals surface area contributed by atoms with Gasteiger partial charge in [-0.15, -0.1) is 11.8 Å². The molecular weight excluding hydrogens is 549 g/mol. The van der Waals surface area contributed by atoms with E-state index in [0.717, 1.165) is 5.56 Å². The highest BCUT2D eigenvalue weighted by Gasteiger charge is 2.40. The molecular formula is C30H29ClFN5O2S. The number of amides is 2. The zero-order chi connectivity index (χ0) is 28.4. The molecule has 0 bridgehead atoms. The van der Waals surface area contributed by atoms with Gasteiger partial charge in [-0.1, -0.05) is 62.7 Å². The summed E-state index contributed by atoms with van der Waals surface area (Å²) in [6.07, 6.45) is 3.34. The van der Waals surface area contributed by atoms with Crippen molar-refractivity contribution in [2.24, 2.45) is 0 Å². The topological polar surface area (TPSA) is 80.1 Å². The summed E-state index contributed by atoms with van der Waals surface area (Å²) in [5.41, 5.74) is 2.88. The second-order valence-corrected chi connectivity index (χ2v) is 12.1. The molecule has 2 aromatic heterocycles. The fraction of sp³-hybridized carbons (Fsp3) is 0.267. The third-order valence-corrected chi connectivity index (χ3v) is 8.03.